The Labute approximate surface area is 177 Å². The molecule has 0 aromatic heterocycles. The van der Waals surface area contributed by atoms with Crippen molar-refractivity contribution in [1.82, 2.24) is 0 Å². The minimum Gasteiger partial charge on any atom is -0.508 e. The quantitative estimate of drug-likeness (QED) is 0.421. The number of aryl methyl sites for hydroxylation is 1. The molecule has 160 valence electrons. The van der Waals surface area contributed by atoms with Crippen LogP contribution < -0.4 is 0 Å². The van der Waals surface area contributed by atoms with Crippen molar-refractivity contribution in [2.45, 2.75) is 59.0 Å². The summed E-state index contributed by atoms with van der Waals surface area (Å²) in [6, 6.07) is 9.34. The second-order valence-corrected chi connectivity index (χ2v) is 8.12. The van der Waals surface area contributed by atoms with Crippen LogP contribution in [0.15, 0.2) is 76.3 Å². The number of hydrogen-bond donors (Lipinski definition) is 3. The molecule has 1 atom stereocenters. The molecule has 1 aliphatic carbocycles. The minimum absolute atomic E-state index is 0.00326. The van der Waals surface area contributed by atoms with E-state index in [4.69, 9.17) is 0 Å². The van der Waals surface area contributed by atoms with Crippen molar-refractivity contribution in [3.63, 3.8) is 0 Å². The standard InChI is InChI=1S/C25H30O5/c1-16(2)10-12-19-22(27)21(20(26)13-11-18-8-6-5-7-9-18)24(29)25(30,23(19)28)15-14-17(3)4/h5-10,14,27-28,30H,11-13,15H2,1-4H3/t25-/m0/s1. The van der Waals surface area contributed by atoms with E-state index in [1.807, 2.05) is 44.2 Å². The summed E-state index contributed by atoms with van der Waals surface area (Å²) in [5, 5.41) is 32.5. The van der Waals surface area contributed by atoms with Crippen LogP contribution in [0.5, 0.6) is 0 Å². The Morgan fingerprint density at radius 1 is 1.00 bits per heavy atom. The van der Waals surface area contributed by atoms with Gasteiger partial charge in [-0.3, -0.25) is 9.59 Å². The fourth-order valence-electron chi connectivity index (χ4n) is 3.26. The lowest BCUT2D eigenvalue weighted by Gasteiger charge is -2.32. The van der Waals surface area contributed by atoms with Gasteiger partial charge >= 0.3 is 0 Å². The van der Waals surface area contributed by atoms with E-state index in [2.05, 4.69) is 0 Å². The van der Waals surface area contributed by atoms with E-state index in [1.54, 1.807) is 26.0 Å². The van der Waals surface area contributed by atoms with E-state index in [0.29, 0.717) is 6.42 Å². The van der Waals surface area contributed by atoms with Gasteiger partial charge in [-0.1, -0.05) is 53.6 Å². The van der Waals surface area contributed by atoms with Gasteiger partial charge in [0.15, 0.2) is 11.4 Å². The number of carbonyl (C=O) groups excluding carboxylic acids is 2. The van der Waals surface area contributed by atoms with E-state index >= 15 is 0 Å². The van der Waals surface area contributed by atoms with Gasteiger partial charge in [0.05, 0.1) is 0 Å². The second kappa shape index (κ2) is 9.72. The number of carbonyl (C=O) groups is 2. The van der Waals surface area contributed by atoms with Gasteiger partial charge in [-0.05, 0) is 46.1 Å². The molecule has 0 radical (unpaired) electrons. The summed E-state index contributed by atoms with van der Waals surface area (Å²) in [6.07, 6.45) is 3.70. The molecule has 3 N–H and O–H groups in total. The van der Waals surface area contributed by atoms with Crippen molar-refractivity contribution >= 4 is 11.6 Å². The molecule has 0 bridgehead atoms. The first kappa shape index (κ1) is 23.4. The number of aliphatic hydroxyl groups is 3. The van der Waals surface area contributed by atoms with E-state index in [1.165, 1.54) is 0 Å². The zero-order valence-corrected chi connectivity index (χ0v) is 18.0. The van der Waals surface area contributed by atoms with E-state index < -0.39 is 34.3 Å². The maximum Gasteiger partial charge on any atom is 0.209 e. The topological polar surface area (TPSA) is 94.8 Å². The number of ketones is 2. The molecular formula is C25H30O5. The predicted octanol–water partition coefficient (Wildman–Crippen LogP) is 4.84. The molecule has 1 aliphatic rings. The number of benzene rings is 1. The summed E-state index contributed by atoms with van der Waals surface area (Å²) < 4.78 is 0. The zero-order valence-electron chi connectivity index (χ0n) is 18.0. The third-order valence-electron chi connectivity index (χ3n) is 5.09. The van der Waals surface area contributed by atoms with Gasteiger partial charge in [0, 0.05) is 18.4 Å². The van der Waals surface area contributed by atoms with Crippen LogP contribution in [-0.4, -0.2) is 32.5 Å². The first-order valence-corrected chi connectivity index (χ1v) is 10.0. The van der Waals surface area contributed by atoms with Crippen LogP contribution >= 0.6 is 0 Å². The molecule has 0 fully saturated rings. The molecule has 5 nitrogen and oxygen atoms in total. The summed E-state index contributed by atoms with van der Waals surface area (Å²) in [7, 11) is 0. The van der Waals surface area contributed by atoms with Gasteiger partial charge in [0.25, 0.3) is 0 Å². The maximum atomic E-state index is 13.1. The summed E-state index contributed by atoms with van der Waals surface area (Å²) >= 11 is 0. The molecule has 30 heavy (non-hydrogen) atoms. The third kappa shape index (κ3) is 5.16. The summed E-state index contributed by atoms with van der Waals surface area (Å²) in [4.78, 5) is 26.0. The largest absolute Gasteiger partial charge is 0.508 e. The Bertz CT molecular complexity index is 939. The highest BCUT2D eigenvalue weighted by Gasteiger charge is 2.49. The second-order valence-electron chi connectivity index (χ2n) is 8.12. The summed E-state index contributed by atoms with van der Waals surface area (Å²) in [5.41, 5.74) is 0.00750. The van der Waals surface area contributed by atoms with Crippen molar-refractivity contribution in [3.05, 3.63) is 81.9 Å². The molecule has 0 unspecified atom stereocenters. The molecule has 1 aromatic rings. The monoisotopic (exact) mass is 410 g/mol. The number of rotatable bonds is 8. The highest BCUT2D eigenvalue weighted by molar-refractivity contribution is 6.25. The van der Waals surface area contributed by atoms with E-state index in [0.717, 1.165) is 16.7 Å². The molecule has 0 aliphatic heterocycles. The Hall–Kier alpha value is -2.92. The van der Waals surface area contributed by atoms with Crippen LogP contribution in [-0.2, 0) is 16.0 Å². The van der Waals surface area contributed by atoms with Crippen molar-refractivity contribution in [1.29, 1.82) is 0 Å². The SMILES string of the molecule is CC(C)=CCC1=C(O)[C@@](O)(CC=C(C)C)C(=O)C(C(=O)CCc2ccccc2)=C1O. The number of Topliss-reactive ketones (excluding diaryl/α,β-unsaturated/α-hetero) is 2. The number of aliphatic hydroxyl groups excluding tert-OH is 2. The average molecular weight is 411 g/mol. The molecule has 0 saturated carbocycles. The fourth-order valence-corrected chi connectivity index (χ4v) is 3.26. The van der Waals surface area contributed by atoms with Crippen LogP contribution in [0.25, 0.3) is 0 Å². The average Bonchev–Trinajstić information content (AvgIpc) is 2.70. The highest BCUT2D eigenvalue weighted by Crippen LogP contribution is 2.38. The van der Waals surface area contributed by atoms with Gasteiger partial charge in [-0.15, -0.1) is 0 Å². The van der Waals surface area contributed by atoms with Crippen LogP contribution in [0.2, 0.25) is 0 Å². The van der Waals surface area contributed by atoms with E-state index in [-0.39, 0.29) is 24.8 Å². The maximum absolute atomic E-state index is 13.1. The van der Waals surface area contributed by atoms with Gasteiger partial charge < -0.3 is 15.3 Å². The predicted molar refractivity (Wildman–Crippen MR) is 117 cm³/mol. The van der Waals surface area contributed by atoms with Crippen LogP contribution in [0.4, 0.5) is 0 Å². The lowest BCUT2D eigenvalue weighted by atomic mass is 9.77. The highest BCUT2D eigenvalue weighted by atomic mass is 16.3. The van der Waals surface area contributed by atoms with Crippen LogP contribution in [0.3, 0.4) is 0 Å². The first-order valence-electron chi connectivity index (χ1n) is 10.0. The van der Waals surface area contributed by atoms with Gasteiger partial charge in [-0.25, -0.2) is 0 Å². The van der Waals surface area contributed by atoms with Crippen LogP contribution in [0, 0.1) is 0 Å². The molecule has 0 amide bonds. The van der Waals surface area contributed by atoms with Crippen molar-refractivity contribution < 1.29 is 24.9 Å². The van der Waals surface area contributed by atoms with Crippen LogP contribution in [0.1, 0.15) is 52.5 Å². The normalized spacial score (nSPS) is 19.0. The van der Waals surface area contributed by atoms with Crippen molar-refractivity contribution in [3.8, 4) is 0 Å². The molecule has 0 saturated heterocycles. The number of allylic oxidation sites excluding steroid dienone is 4. The lowest BCUT2D eigenvalue weighted by Crippen LogP contribution is -2.46. The summed E-state index contributed by atoms with van der Waals surface area (Å²) in [6.45, 7) is 7.32. The molecule has 5 heteroatoms. The molecule has 1 aromatic carbocycles. The molecule has 0 heterocycles. The van der Waals surface area contributed by atoms with Gasteiger partial charge in [-0.2, -0.15) is 0 Å². The van der Waals surface area contributed by atoms with Gasteiger partial charge in [0.1, 0.15) is 17.1 Å². The first-order chi connectivity index (χ1) is 14.1. The molecule has 2 rings (SSSR count). The Kier molecular flexibility index (Phi) is 7.57. The van der Waals surface area contributed by atoms with Crippen molar-refractivity contribution in [2.75, 3.05) is 0 Å². The Balaban J connectivity index is 2.47. The smallest absolute Gasteiger partial charge is 0.209 e. The molecule has 0 spiro atoms. The third-order valence-corrected chi connectivity index (χ3v) is 5.09. The van der Waals surface area contributed by atoms with Crippen molar-refractivity contribution in [2.24, 2.45) is 0 Å². The Morgan fingerprint density at radius 3 is 2.17 bits per heavy atom. The Morgan fingerprint density at radius 2 is 1.60 bits per heavy atom. The molecular weight excluding hydrogens is 380 g/mol. The van der Waals surface area contributed by atoms with E-state index in [9.17, 15) is 24.9 Å². The fraction of sp³-hybridized carbons (Fsp3) is 0.360. The zero-order chi connectivity index (χ0) is 22.5. The number of hydrogen-bond acceptors (Lipinski definition) is 5. The van der Waals surface area contributed by atoms with Gasteiger partial charge in [0.2, 0.25) is 5.78 Å². The summed E-state index contributed by atoms with van der Waals surface area (Å²) in [5.74, 6) is -2.66. The lowest BCUT2D eigenvalue weighted by molar-refractivity contribution is -0.135. The minimum atomic E-state index is -2.27.